The first-order valence-electron chi connectivity index (χ1n) is 6.37. The first-order valence-corrected chi connectivity index (χ1v) is 7.19. The molecule has 0 fully saturated rings. The van der Waals surface area contributed by atoms with E-state index in [-0.39, 0.29) is 0 Å². The molecule has 0 amide bonds. The molecule has 0 unspecified atom stereocenters. The van der Waals surface area contributed by atoms with E-state index < -0.39 is 0 Å². The Morgan fingerprint density at radius 3 is 2.95 bits per heavy atom. The quantitative estimate of drug-likeness (QED) is 0.903. The van der Waals surface area contributed by atoms with Crippen molar-refractivity contribution in [2.24, 2.45) is 0 Å². The molecule has 0 radical (unpaired) electrons. The molecule has 0 spiro atoms. The number of rotatable bonds is 2. The number of aromatic nitrogens is 3. The molecule has 2 N–H and O–H groups in total. The van der Waals surface area contributed by atoms with Crippen molar-refractivity contribution in [1.29, 1.82) is 0 Å². The number of hydrogen-bond acceptors (Lipinski definition) is 6. The van der Waals surface area contributed by atoms with E-state index in [1.165, 1.54) is 10.4 Å². The summed E-state index contributed by atoms with van der Waals surface area (Å²) in [5, 5.41) is 1.14. The van der Waals surface area contributed by atoms with Gasteiger partial charge < -0.3 is 5.73 Å². The van der Waals surface area contributed by atoms with E-state index in [9.17, 15) is 0 Å². The van der Waals surface area contributed by atoms with Gasteiger partial charge >= 0.3 is 0 Å². The molecule has 1 aliphatic rings. The molecule has 0 aliphatic carbocycles. The van der Waals surface area contributed by atoms with Crippen LogP contribution in [0.25, 0.3) is 0 Å². The lowest BCUT2D eigenvalue weighted by atomic mass is 10.1. The Hall–Kier alpha value is -1.53. The minimum atomic E-state index is 0.376. The van der Waals surface area contributed by atoms with Gasteiger partial charge in [-0.05, 0) is 13.8 Å². The summed E-state index contributed by atoms with van der Waals surface area (Å²) in [6.45, 7) is 7.01. The van der Waals surface area contributed by atoms with E-state index in [4.69, 9.17) is 5.73 Å². The molecule has 0 atom stereocenters. The molecule has 3 heterocycles. The van der Waals surface area contributed by atoms with Gasteiger partial charge in [0.25, 0.3) is 0 Å². The third kappa shape index (κ3) is 2.59. The second-order valence-electron chi connectivity index (χ2n) is 4.90. The first kappa shape index (κ1) is 12.5. The van der Waals surface area contributed by atoms with Crippen molar-refractivity contribution in [2.75, 3.05) is 12.3 Å². The summed E-state index contributed by atoms with van der Waals surface area (Å²) in [4.78, 5) is 16.7. The summed E-state index contributed by atoms with van der Waals surface area (Å²) in [6, 6.07) is 0. The van der Waals surface area contributed by atoms with Crippen molar-refractivity contribution < 1.29 is 0 Å². The lowest BCUT2D eigenvalue weighted by Crippen LogP contribution is -2.31. The summed E-state index contributed by atoms with van der Waals surface area (Å²) in [5.74, 6) is 0.376. The zero-order valence-electron chi connectivity index (χ0n) is 11.2. The van der Waals surface area contributed by atoms with Crippen LogP contribution in [0.3, 0.4) is 0 Å². The number of aryl methyl sites for hydroxylation is 2. The van der Waals surface area contributed by atoms with Crippen molar-refractivity contribution in [3.63, 3.8) is 0 Å². The number of fused-ring (bicyclic) bond motifs is 1. The van der Waals surface area contributed by atoms with Gasteiger partial charge in [-0.2, -0.15) is 0 Å². The molecule has 5 nitrogen and oxygen atoms in total. The third-order valence-corrected chi connectivity index (χ3v) is 4.46. The maximum Gasteiger partial charge on any atom is 0.220 e. The van der Waals surface area contributed by atoms with Gasteiger partial charge in [0.2, 0.25) is 5.95 Å². The van der Waals surface area contributed by atoms with E-state index in [1.54, 1.807) is 11.3 Å². The molecule has 0 saturated heterocycles. The van der Waals surface area contributed by atoms with Crippen LogP contribution in [-0.4, -0.2) is 26.4 Å². The second kappa shape index (κ2) is 4.86. The summed E-state index contributed by atoms with van der Waals surface area (Å²) in [6.07, 6.45) is 2.80. The van der Waals surface area contributed by atoms with Crippen molar-refractivity contribution in [1.82, 2.24) is 19.9 Å². The Balaban J connectivity index is 1.75. The Bertz CT molecular complexity index is 607. The number of thiazole rings is 1. The van der Waals surface area contributed by atoms with Gasteiger partial charge in [0.05, 0.1) is 16.4 Å². The molecule has 3 rings (SSSR count). The number of hydrogen-bond donors (Lipinski definition) is 1. The highest BCUT2D eigenvalue weighted by atomic mass is 32.1. The average Bonchev–Trinajstić information content (AvgIpc) is 2.68. The van der Waals surface area contributed by atoms with Crippen LogP contribution >= 0.6 is 11.3 Å². The highest BCUT2D eigenvalue weighted by Crippen LogP contribution is 2.23. The van der Waals surface area contributed by atoms with Crippen molar-refractivity contribution in [3.8, 4) is 0 Å². The number of nitrogens with zero attached hydrogens (tertiary/aromatic N) is 4. The summed E-state index contributed by atoms with van der Waals surface area (Å²) < 4.78 is 0. The van der Waals surface area contributed by atoms with Gasteiger partial charge in [-0.1, -0.05) is 0 Å². The molecule has 1 aliphatic heterocycles. The topological polar surface area (TPSA) is 67.9 Å². The molecular weight excluding hydrogens is 258 g/mol. The van der Waals surface area contributed by atoms with Crippen LogP contribution in [0.15, 0.2) is 6.20 Å². The molecule has 19 heavy (non-hydrogen) atoms. The van der Waals surface area contributed by atoms with Gasteiger partial charge in [0.15, 0.2) is 0 Å². The van der Waals surface area contributed by atoms with E-state index in [0.29, 0.717) is 5.95 Å². The molecule has 100 valence electrons. The van der Waals surface area contributed by atoms with Crippen molar-refractivity contribution in [2.45, 2.75) is 33.4 Å². The van der Waals surface area contributed by atoms with Crippen LogP contribution in [-0.2, 0) is 19.5 Å². The standard InChI is InChI=1S/C13H17N5S/c1-8-12(19-9(2)16-8)7-18-4-3-11-10(6-18)5-15-13(14)17-11/h5H,3-4,6-7H2,1-2H3,(H2,14,15,17). The molecule has 2 aromatic heterocycles. The molecule has 2 aromatic rings. The summed E-state index contributed by atoms with van der Waals surface area (Å²) in [5.41, 5.74) is 9.07. The molecule has 0 aromatic carbocycles. The molecular formula is C13H17N5S. The van der Waals surface area contributed by atoms with E-state index in [1.807, 2.05) is 6.20 Å². The maximum absolute atomic E-state index is 5.62. The van der Waals surface area contributed by atoms with Crippen molar-refractivity contribution >= 4 is 17.3 Å². The van der Waals surface area contributed by atoms with Crippen LogP contribution in [0, 0.1) is 13.8 Å². The van der Waals surface area contributed by atoms with Crippen LogP contribution in [0.4, 0.5) is 5.95 Å². The highest BCUT2D eigenvalue weighted by Gasteiger charge is 2.19. The predicted octanol–water partition coefficient (Wildman–Crippen LogP) is 1.69. The number of nitrogens with two attached hydrogens (primary N) is 1. The van der Waals surface area contributed by atoms with E-state index in [2.05, 4.69) is 33.7 Å². The van der Waals surface area contributed by atoms with E-state index in [0.717, 1.165) is 42.5 Å². The van der Waals surface area contributed by atoms with Crippen molar-refractivity contribution in [3.05, 3.63) is 33.0 Å². The lowest BCUT2D eigenvalue weighted by molar-refractivity contribution is 0.244. The largest absolute Gasteiger partial charge is 0.368 e. The first-order chi connectivity index (χ1) is 9.11. The maximum atomic E-state index is 5.62. The zero-order valence-corrected chi connectivity index (χ0v) is 12.0. The van der Waals surface area contributed by atoms with Gasteiger partial charge in [0.1, 0.15) is 0 Å². The Morgan fingerprint density at radius 1 is 1.37 bits per heavy atom. The van der Waals surface area contributed by atoms with Crippen LogP contribution in [0.1, 0.15) is 26.8 Å². The summed E-state index contributed by atoms with van der Waals surface area (Å²) >= 11 is 1.79. The normalized spacial score (nSPS) is 15.5. The Labute approximate surface area is 116 Å². The van der Waals surface area contributed by atoms with Gasteiger partial charge in [-0.15, -0.1) is 11.3 Å². The van der Waals surface area contributed by atoms with Gasteiger partial charge in [-0.25, -0.2) is 15.0 Å². The summed E-state index contributed by atoms with van der Waals surface area (Å²) in [7, 11) is 0. The Morgan fingerprint density at radius 2 is 2.21 bits per heavy atom. The highest BCUT2D eigenvalue weighted by molar-refractivity contribution is 7.11. The lowest BCUT2D eigenvalue weighted by Gasteiger charge is -2.27. The fourth-order valence-corrected chi connectivity index (χ4v) is 3.43. The molecule has 0 bridgehead atoms. The van der Waals surface area contributed by atoms with Crippen LogP contribution in [0.5, 0.6) is 0 Å². The minimum absolute atomic E-state index is 0.376. The van der Waals surface area contributed by atoms with E-state index >= 15 is 0 Å². The predicted molar refractivity (Wildman–Crippen MR) is 75.9 cm³/mol. The fraction of sp³-hybridized carbons (Fsp3) is 0.462. The second-order valence-corrected chi connectivity index (χ2v) is 6.19. The molecule has 6 heteroatoms. The smallest absolute Gasteiger partial charge is 0.220 e. The SMILES string of the molecule is Cc1nc(C)c(CN2CCc3nc(N)ncc3C2)s1. The zero-order chi connectivity index (χ0) is 13.4. The Kier molecular flexibility index (Phi) is 3.20. The third-order valence-electron chi connectivity index (χ3n) is 3.40. The van der Waals surface area contributed by atoms with Gasteiger partial charge in [-0.3, -0.25) is 4.90 Å². The van der Waals surface area contributed by atoms with Crippen LogP contribution < -0.4 is 5.73 Å². The number of nitrogen functional groups attached to an aromatic ring is 1. The number of anilines is 1. The van der Waals surface area contributed by atoms with Crippen LogP contribution in [0.2, 0.25) is 0 Å². The van der Waals surface area contributed by atoms with Gasteiger partial charge in [0, 0.05) is 42.7 Å². The minimum Gasteiger partial charge on any atom is -0.368 e. The average molecular weight is 275 g/mol. The molecule has 0 saturated carbocycles. The monoisotopic (exact) mass is 275 g/mol. The fourth-order valence-electron chi connectivity index (χ4n) is 2.45.